The van der Waals surface area contributed by atoms with Crippen molar-refractivity contribution in [1.29, 1.82) is 0 Å². The van der Waals surface area contributed by atoms with E-state index in [-0.39, 0.29) is 18.5 Å². The molecule has 2 atom stereocenters. The Labute approximate surface area is 201 Å². The highest BCUT2D eigenvalue weighted by molar-refractivity contribution is 7.89. The number of rotatable bonds is 5. The van der Waals surface area contributed by atoms with E-state index in [1.54, 1.807) is 37.3 Å². The van der Waals surface area contributed by atoms with Crippen molar-refractivity contribution in [2.45, 2.75) is 36.7 Å². The number of esters is 1. The van der Waals surface area contributed by atoms with Crippen LogP contribution in [0.5, 0.6) is 0 Å². The molecule has 1 aliphatic rings. The fraction of sp³-hybridized carbons (Fsp3) is 0.273. The van der Waals surface area contributed by atoms with E-state index in [1.165, 1.54) is 6.07 Å². The number of carbonyl (C=O) groups excluding carboxylic acids is 1. The van der Waals surface area contributed by atoms with Gasteiger partial charge in [-0.1, -0.05) is 30.3 Å². The maximum atomic E-state index is 14.8. The number of nitrogens with two attached hydrogens (primary N) is 1. The number of fused-ring (bicyclic) bond motifs is 1. The van der Waals surface area contributed by atoms with Gasteiger partial charge in [-0.15, -0.1) is 0 Å². The third-order valence-corrected chi connectivity index (χ3v) is 6.65. The molecule has 2 aromatic carbocycles. The first kappa shape index (κ1) is 25.6. The highest BCUT2D eigenvalue weighted by Gasteiger charge is 2.42. The molecular weight excluding hydrogens is 510 g/mol. The maximum Gasteiger partial charge on any atom is 0.490 e. The summed E-state index contributed by atoms with van der Waals surface area (Å²) in [6, 6.07) is 8.04. The number of alkyl halides is 3. The monoisotopic (exact) mass is 529 g/mol. The molecule has 36 heavy (non-hydrogen) atoms. The second-order valence-corrected chi connectivity index (χ2v) is 9.54. The smallest absolute Gasteiger partial charge is 0.440 e. The molecule has 14 heteroatoms. The average Bonchev–Trinajstić information content (AvgIpc) is 3.14. The lowest BCUT2D eigenvalue weighted by molar-refractivity contribution is -0.206. The number of carbonyl (C=O) groups is 1. The summed E-state index contributed by atoms with van der Waals surface area (Å²) in [4.78, 5) is 23.1. The first-order chi connectivity index (χ1) is 16.8. The molecule has 0 aliphatic carbocycles. The third kappa shape index (κ3) is 4.79. The minimum atomic E-state index is -5.14. The zero-order valence-electron chi connectivity index (χ0n) is 18.5. The van der Waals surface area contributed by atoms with Crippen LogP contribution in [0.25, 0.3) is 16.7 Å². The molecule has 9 nitrogen and oxygen atoms in total. The predicted molar refractivity (Wildman–Crippen MR) is 119 cm³/mol. The van der Waals surface area contributed by atoms with Gasteiger partial charge >= 0.3 is 17.9 Å². The Bertz CT molecular complexity index is 1540. The van der Waals surface area contributed by atoms with Crippen LogP contribution < -0.4 is 16.2 Å². The maximum absolute atomic E-state index is 14.8. The third-order valence-electron chi connectivity index (χ3n) is 5.72. The van der Waals surface area contributed by atoms with Crippen molar-refractivity contribution in [2.24, 2.45) is 5.14 Å². The molecule has 2 heterocycles. The Balaban J connectivity index is 1.72. The summed E-state index contributed by atoms with van der Waals surface area (Å²) >= 11 is 0. The van der Waals surface area contributed by atoms with Crippen molar-refractivity contribution in [3.8, 4) is 0 Å². The molecule has 0 amide bonds. The summed E-state index contributed by atoms with van der Waals surface area (Å²) in [5, 5.41) is 7.68. The lowest BCUT2D eigenvalue weighted by Crippen LogP contribution is -2.40. The topological polar surface area (TPSA) is 134 Å². The summed E-state index contributed by atoms with van der Waals surface area (Å²) in [6.45, 7) is 1.73. The van der Waals surface area contributed by atoms with Crippen LogP contribution in [0.3, 0.4) is 0 Å². The van der Waals surface area contributed by atoms with Crippen molar-refractivity contribution in [1.82, 2.24) is 9.88 Å². The number of nitrogens with one attached hydrogen (secondary N) is 1. The second-order valence-electron chi connectivity index (χ2n) is 8.01. The molecule has 3 N–H and O–H groups in total. The van der Waals surface area contributed by atoms with Gasteiger partial charge in [-0.25, -0.2) is 27.5 Å². The van der Waals surface area contributed by atoms with Crippen molar-refractivity contribution < 1.29 is 39.9 Å². The first-order valence-electron chi connectivity index (χ1n) is 10.4. The number of ether oxygens (including phenoxy) is 1. The van der Waals surface area contributed by atoms with E-state index in [9.17, 15) is 35.6 Å². The van der Waals surface area contributed by atoms with Crippen LogP contribution in [-0.4, -0.2) is 37.9 Å². The van der Waals surface area contributed by atoms with Crippen LogP contribution in [0.15, 0.2) is 56.6 Å². The summed E-state index contributed by atoms with van der Waals surface area (Å²) in [5.41, 5.74) is 1.04. The van der Waals surface area contributed by atoms with E-state index in [0.29, 0.717) is 16.7 Å². The molecule has 0 radical (unpaired) electrons. The molecular formula is C22H19F4N3O6S. The number of hydrogen-bond acceptors (Lipinski definition) is 7. The van der Waals surface area contributed by atoms with E-state index in [2.05, 4.69) is 10.1 Å². The van der Waals surface area contributed by atoms with Gasteiger partial charge in [0.2, 0.25) is 10.0 Å². The molecule has 0 fully saturated rings. The van der Waals surface area contributed by atoms with Gasteiger partial charge in [-0.05, 0) is 35.8 Å². The first-order valence-corrected chi connectivity index (χ1v) is 12.0. The fourth-order valence-electron chi connectivity index (χ4n) is 4.10. The van der Waals surface area contributed by atoms with E-state index in [0.717, 1.165) is 10.6 Å². The largest absolute Gasteiger partial charge is 0.490 e. The van der Waals surface area contributed by atoms with E-state index >= 15 is 0 Å². The van der Waals surface area contributed by atoms with Gasteiger partial charge in [0, 0.05) is 13.0 Å². The SMILES string of the molecule is C[C@H](c1ccccc1C1=CCNC(OC(=O)C(F)(F)F)C1)n1c(=O)oc2c(F)c(S(N)(=O)=O)ccc21. The zero-order chi connectivity index (χ0) is 26.4. The molecule has 3 aromatic rings. The Kier molecular flexibility index (Phi) is 6.53. The number of hydrogen-bond donors (Lipinski definition) is 2. The fourth-order valence-corrected chi connectivity index (χ4v) is 4.70. The predicted octanol–water partition coefficient (Wildman–Crippen LogP) is 2.80. The molecule has 1 aliphatic heterocycles. The quantitative estimate of drug-likeness (QED) is 0.384. The molecule has 192 valence electrons. The van der Waals surface area contributed by atoms with Gasteiger partial charge in [-0.3, -0.25) is 9.88 Å². The van der Waals surface area contributed by atoms with Crippen molar-refractivity contribution in [3.05, 3.63) is 70.0 Å². The number of primary sulfonamides is 1. The lowest BCUT2D eigenvalue weighted by Gasteiger charge is -2.27. The van der Waals surface area contributed by atoms with Crippen LogP contribution >= 0.6 is 0 Å². The van der Waals surface area contributed by atoms with Crippen LogP contribution in [-0.2, 0) is 19.6 Å². The molecule has 0 spiro atoms. The van der Waals surface area contributed by atoms with Gasteiger partial charge in [0.15, 0.2) is 17.6 Å². The zero-order valence-corrected chi connectivity index (χ0v) is 19.3. The summed E-state index contributed by atoms with van der Waals surface area (Å²) in [5.74, 6) is -4.59. The second kappa shape index (κ2) is 9.19. The number of nitrogens with zero attached hydrogens (tertiary/aromatic N) is 1. The van der Waals surface area contributed by atoms with Gasteiger partial charge in [0.05, 0.1) is 11.6 Å². The summed E-state index contributed by atoms with van der Waals surface area (Å²) in [6.07, 6.45) is -4.75. The highest BCUT2D eigenvalue weighted by atomic mass is 32.2. The van der Waals surface area contributed by atoms with Crippen molar-refractivity contribution >= 4 is 32.7 Å². The Hall–Kier alpha value is -3.49. The van der Waals surface area contributed by atoms with Gasteiger partial charge in [-0.2, -0.15) is 13.2 Å². The van der Waals surface area contributed by atoms with E-state index in [4.69, 9.17) is 9.56 Å². The molecule has 0 bridgehead atoms. The molecule has 1 aromatic heterocycles. The molecule has 4 rings (SSSR count). The van der Waals surface area contributed by atoms with Gasteiger partial charge in [0.25, 0.3) is 0 Å². The van der Waals surface area contributed by atoms with Crippen LogP contribution in [0.1, 0.15) is 30.5 Å². The summed E-state index contributed by atoms with van der Waals surface area (Å²) in [7, 11) is -4.41. The van der Waals surface area contributed by atoms with Crippen LogP contribution in [0.2, 0.25) is 0 Å². The van der Waals surface area contributed by atoms with Crippen molar-refractivity contribution in [3.63, 3.8) is 0 Å². The minimum absolute atomic E-state index is 0.0246. The summed E-state index contributed by atoms with van der Waals surface area (Å²) < 4.78 is 86.5. The average molecular weight is 529 g/mol. The van der Waals surface area contributed by atoms with Crippen LogP contribution in [0.4, 0.5) is 17.6 Å². The normalized spacial score (nSPS) is 17.6. The van der Waals surface area contributed by atoms with Gasteiger partial charge < -0.3 is 9.15 Å². The number of oxazole rings is 1. The Morgan fingerprint density at radius 3 is 2.61 bits per heavy atom. The lowest BCUT2D eigenvalue weighted by atomic mass is 9.91. The highest BCUT2D eigenvalue weighted by Crippen LogP contribution is 2.33. The molecule has 0 saturated carbocycles. The van der Waals surface area contributed by atoms with E-state index in [1.807, 2.05) is 0 Å². The Morgan fingerprint density at radius 2 is 1.94 bits per heavy atom. The van der Waals surface area contributed by atoms with Gasteiger partial charge in [0.1, 0.15) is 4.90 Å². The minimum Gasteiger partial charge on any atom is -0.440 e. The number of benzene rings is 2. The van der Waals surface area contributed by atoms with E-state index < -0.39 is 56.5 Å². The van der Waals surface area contributed by atoms with Crippen LogP contribution in [0, 0.1) is 5.82 Å². The standard InChI is InChI=1S/C22H19F4N3O6S/c1-11(29-15-6-7-16(36(27,32)33)18(23)19(15)35-21(29)31)13-4-2-3-5-14(13)12-8-9-28-17(10-12)34-20(30)22(24,25)26/h2-8,11,17,28H,9-10H2,1H3,(H2,27,32,33)/t11-,17?/m1/s1. The molecule has 1 unspecified atom stereocenters. The van der Waals surface area contributed by atoms with Crippen molar-refractivity contribution in [2.75, 3.05) is 6.54 Å². The Morgan fingerprint density at radius 1 is 1.25 bits per heavy atom. The number of aromatic nitrogens is 1. The number of halogens is 4. The number of sulfonamides is 1. The molecule has 0 saturated heterocycles.